The summed E-state index contributed by atoms with van der Waals surface area (Å²) < 4.78 is 0. The van der Waals surface area contributed by atoms with Gasteiger partial charge in [0.2, 0.25) is 0 Å². The molecule has 0 amide bonds. The third kappa shape index (κ3) is 4.35. The second-order valence-corrected chi connectivity index (χ2v) is 13.2. The standard InChI is InChI=1S/C26H32N2O2Si/c1-26(2,18-10-17-25-27-19-22-23(28-25)15-9-16-24(22)29)31(30,20-11-5-3-6-12-20)21-13-7-4-8-14-21/h3-8,11-14,19,24,29-30H,9-10,15-18H2,1-2H3. The van der Waals surface area contributed by atoms with E-state index in [2.05, 4.69) is 43.1 Å². The quantitative estimate of drug-likeness (QED) is 0.559. The molecule has 1 aliphatic rings. The smallest absolute Gasteiger partial charge is 0.258 e. The van der Waals surface area contributed by atoms with E-state index in [-0.39, 0.29) is 5.04 Å². The van der Waals surface area contributed by atoms with Gasteiger partial charge in [-0.25, -0.2) is 9.97 Å². The summed E-state index contributed by atoms with van der Waals surface area (Å²) in [4.78, 5) is 21.5. The molecule has 3 aromatic rings. The summed E-state index contributed by atoms with van der Waals surface area (Å²) in [5.41, 5.74) is 1.90. The summed E-state index contributed by atoms with van der Waals surface area (Å²) in [6.07, 6.45) is 6.64. The number of hydrogen-bond acceptors (Lipinski definition) is 4. The van der Waals surface area contributed by atoms with Gasteiger partial charge in [0.15, 0.2) is 0 Å². The molecule has 0 saturated carbocycles. The molecule has 1 aromatic heterocycles. The topological polar surface area (TPSA) is 66.2 Å². The maximum absolute atomic E-state index is 12.2. The number of nitrogens with zero attached hydrogens (tertiary/aromatic N) is 2. The van der Waals surface area contributed by atoms with Gasteiger partial charge < -0.3 is 9.90 Å². The highest BCUT2D eigenvalue weighted by atomic mass is 28.4. The van der Waals surface area contributed by atoms with Gasteiger partial charge in [0.25, 0.3) is 8.32 Å². The molecule has 0 aliphatic heterocycles. The maximum atomic E-state index is 12.2. The number of rotatable bonds is 7. The summed E-state index contributed by atoms with van der Waals surface area (Å²) in [5.74, 6) is 0.841. The van der Waals surface area contributed by atoms with Crippen molar-refractivity contribution < 1.29 is 9.90 Å². The van der Waals surface area contributed by atoms with E-state index < -0.39 is 14.4 Å². The highest BCUT2D eigenvalue weighted by Crippen LogP contribution is 2.40. The summed E-state index contributed by atoms with van der Waals surface area (Å²) >= 11 is 0. The van der Waals surface area contributed by atoms with E-state index in [0.29, 0.717) is 0 Å². The number of aryl methyl sites for hydroxylation is 2. The van der Waals surface area contributed by atoms with Crippen LogP contribution in [0.2, 0.25) is 5.04 Å². The Balaban J connectivity index is 1.54. The van der Waals surface area contributed by atoms with Gasteiger partial charge in [0, 0.05) is 23.9 Å². The van der Waals surface area contributed by atoms with Crippen molar-refractivity contribution in [3.05, 3.63) is 83.9 Å². The van der Waals surface area contributed by atoms with Crippen molar-refractivity contribution in [2.75, 3.05) is 0 Å². The minimum atomic E-state index is -2.97. The van der Waals surface area contributed by atoms with E-state index in [0.717, 1.165) is 66.0 Å². The Kier molecular flexibility index (Phi) is 6.37. The van der Waals surface area contributed by atoms with Crippen LogP contribution in [-0.4, -0.2) is 28.2 Å². The molecule has 162 valence electrons. The van der Waals surface area contributed by atoms with Gasteiger partial charge in [-0.1, -0.05) is 74.5 Å². The molecule has 1 atom stereocenters. The van der Waals surface area contributed by atoms with Gasteiger partial charge in [0.1, 0.15) is 5.82 Å². The first-order valence-electron chi connectivity index (χ1n) is 11.3. The number of aliphatic hydroxyl groups excluding tert-OH is 1. The normalized spacial score (nSPS) is 16.7. The lowest BCUT2D eigenvalue weighted by atomic mass is 9.94. The van der Waals surface area contributed by atoms with Crippen LogP contribution in [0.1, 0.15) is 62.7 Å². The van der Waals surface area contributed by atoms with E-state index in [4.69, 9.17) is 4.98 Å². The Morgan fingerprint density at radius 2 is 1.61 bits per heavy atom. The molecule has 0 bridgehead atoms. The Morgan fingerprint density at radius 1 is 1.00 bits per heavy atom. The summed E-state index contributed by atoms with van der Waals surface area (Å²) in [7, 11) is -2.97. The van der Waals surface area contributed by atoms with Crippen molar-refractivity contribution in [1.82, 2.24) is 9.97 Å². The molecule has 0 spiro atoms. The van der Waals surface area contributed by atoms with Crippen LogP contribution in [0.25, 0.3) is 0 Å². The van der Waals surface area contributed by atoms with Crippen LogP contribution >= 0.6 is 0 Å². The van der Waals surface area contributed by atoms with Gasteiger partial charge in [0.05, 0.1) is 6.10 Å². The van der Waals surface area contributed by atoms with E-state index in [1.165, 1.54) is 0 Å². The molecule has 4 nitrogen and oxygen atoms in total. The fourth-order valence-electron chi connectivity index (χ4n) is 4.86. The zero-order chi connectivity index (χ0) is 21.9. The molecule has 2 N–H and O–H groups in total. The van der Waals surface area contributed by atoms with Crippen LogP contribution in [0.4, 0.5) is 0 Å². The van der Waals surface area contributed by atoms with Crippen molar-refractivity contribution in [2.45, 2.75) is 63.5 Å². The lowest BCUT2D eigenvalue weighted by molar-refractivity contribution is 0.155. The Morgan fingerprint density at radius 3 is 2.23 bits per heavy atom. The number of fused-ring (bicyclic) bond motifs is 1. The molecule has 4 rings (SSSR count). The monoisotopic (exact) mass is 432 g/mol. The largest absolute Gasteiger partial charge is 0.424 e. The van der Waals surface area contributed by atoms with Crippen molar-refractivity contribution >= 4 is 18.7 Å². The Hall–Kier alpha value is -2.34. The summed E-state index contributed by atoms with van der Waals surface area (Å²) in [6.45, 7) is 4.40. The first kappa shape index (κ1) is 21.9. The lowest BCUT2D eigenvalue weighted by Crippen LogP contribution is -2.65. The van der Waals surface area contributed by atoms with E-state index in [1.54, 1.807) is 0 Å². The fraction of sp³-hybridized carbons (Fsp3) is 0.385. The highest BCUT2D eigenvalue weighted by molar-refractivity contribution is 6.98. The molecular formula is C26H32N2O2Si. The van der Waals surface area contributed by atoms with Crippen molar-refractivity contribution in [2.24, 2.45) is 0 Å². The second-order valence-electron chi connectivity index (χ2n) is 9.28. The molecular weight excluding hydrogens is 400 g/mol. The van der Waals surface area contributed by atoms with Gasteiger partial charge in [-0.2, -0.15) is 0 Å². The van der Waals surface area contributed by atoms with Crippen LogP contribution in [0, 0.1) is 0 Å². The van der Waals surface area contributed by atoms with E-state index in [9.17, 15) is 9.90 Å². The predicted molar refractivity (Wildman–Crippen MR) is 127 cm³/mol. The molecule has 1 unspecified atom stereocenters. The molecule has 0 saturated heterocycles. The minimum Gasteiger partial charge on any atom is -0.424 e. The second kappa shape index (κ2) is 9.03. The minimum absolute atomic E-state index is 0.264. The van der Waals surface area contributed by atoms with Crippen LogP contribution < -0.4 is 10.4 Å². The molecule has 0 radical (unpaired) electrons. The average Bonchev–Trinajstić information content (AvgIpc) is 2.79. The SMILES string of the molecule is CC(C)(CCCc1ncc2c(n1)CCCC2O)[Si](O)(c1ccccc1)c1ccccc1. The Labute approximate surface area is 186 Å². The van der Waals surface area contributed by atoms with E-state index >= 15 is 0 Å². The van der Waals surface area contributed by atoms with Gasteiger partial charge in [-0.3, -0.25) is 0 Å². The first-order chi connectivity index (χ1) is 14.9. The molecule has 1 heterocycles. The molecule has 2 aromatic carbocycles. The summed E-state index contributed by atoms with van der Waals surface area (Å²) in [5, 5.41) is 12.0. The molecule has 31 heavy (non-hydrogen) atoms. The first-order valence-corrected chi connectivity index (χ1v) is 13.2. The van der Waals surface area contributed by atoms with Crippen LogP contribution in [0.15, 0.2) is 66.9 Å². The Bertz CT molecular complexity index is 969. The predicted octanol–water partition coefficient (Wildman–Crippen LogP) is 3.70. The van der Waals surface area contributed by atoms with Crippen molar-refractivity contribution in [3.8, 4) is 0 Å². The van der Waals surface area contributed by atoms with Gasteiger partial charge in [-0.05, 0) is 47.5 Å². The van der Waals surface area contributed by atoms with Crippen molar-refractivity contribution in [1.29, 1.82) is 0 Å². The van der Waals surface area contributed by atoms with E-state index in [1.807, 2.05) is 42.6 Å². The molecule has 1 aliphatic carbocycles. The van der Waals surface area contributed by atoms with Gasteiger partial charge in [-0.15, -0.1) is 0 Å². The zero-order valence-corrected chi connectivity index (χ0v) is 19.5. The third-order valence-electron chi connectivity index (χ3n) is 6.76. The third-order valence-corrected chi connectivity index (χ3v) is 11.3. The van der Waals surface area contributed by atoms with Crippen LogP contribution in [0.5, 0.6) is 0 Å². The maximum Gasteiger partial charge on any atom is 0.258 e. The van der Waals surface area contributed by atoms with Crippen molar-refractivity contribution in [3.63, 3.8) is 0 Å². The number of aliphatic hydroxyl groups is 1. The summed E-state index contributed by atoms with van der Waals surface area (Å²) in [6, 6.07) is 20.3. The number of hydrogen-bond donors (Lipinski definition) is 2. The molecule has 0 fully saturated rings. The molecule has 5 heteroatoms. The fourth-order valence-corrected chi connectivity index (χ4v) is 8.65. The highest BCUT2D eigenvalue weighted by Gasteiger charge is 2.49. The number of benzene rings is 2. The van der Waals surface area contributed by atoms with Gasteiger partial charge >= 0.3 is 0 Å². The lowest BCUT2D eigenvalue weighted by Gasteiger charge is -2.41. The zero-order valence-electron chi connectivity index (χ0n) is 18.5. The van der Waals surface area contributed by atoms with Crippen LogP contribution in [-0.2, 0) is 12.8 Å². The average molecular weight is 433 g/mol. The van der Waals surface area contributed by atoms with Crippen LogP contribution in [0.3, 0.4) is 0 Å². The number of aromatic nitrogens is 2.